The Hall–Kier alpha value is -0.290. The second kappa shape index (κ2) is 4.92. The highest BCUT2D eigenvalue weighted by atomic mass is 19.4. The molecule has 2 nitrogen and oxygen atoms in total. The summed E-state index contributed by atoms with van der Waals surface area (Å²) >= 11 is 0. The Balaban J connectivity index is 4.16. The molecule has 98 valence electrons. The van der Waals surface area contributed by atoms with E-state index in [0.29, 0.717) is 6.54 Å². The highest BCUT2D eigenvalue weighted by molar-refractivity contribution is 4.92. The van der Waals surface area contributed by atoms with Gasteiger partial charge in [0.05, 0.1) is 6.42 Å². The summed E-state index contributed by atoms with van der Waals surface area (Å²) in [5, 5.41) is 2.89. The van der Waals surface area contributed by atoms with E-state index in [1.54, 1.807) is 0 Å². The van der Waals surface area contributed by atoms with Crippen LogP contribution in [0.1, 0.15) is 41.0 Å². The average Bonchev–Trinajstić information content (AvgIpc) is 1.95. The number of nitrogens with one attached hydrogen (secondary N) is 1. The van der Waals surface area contributed by atoms with Gasteiger partial charge in [0.25, 0.3) is 0 Å². The van der Waals surface area contributed by atoms with E-state index in [2.05, 4.69) is 5.32 Å². The normalized spacial score (nSPS) is 16.3. The molecule has 1 unspecified atom stereocenters. The van der Waals surface area contributed by atoms with Crippen molar-refractivity contribution >= 4 is 0 Å². The number of alkyl halides is 3. The van der Waals surface area contributed by atoms with Crippen molar-refractivity contribution in [3.63, 3.8) is 0 Å². The van der Waals surface area contributed by atoms with Gasteiger partial charge < -0.3 is 11.1 Å². The highest BCUT2D eigenvalue weighted by Gasteiger charge is 2.35. The zero-order valence-corrected chi connectivity index (χ0v) is 10.7. The van der Waals surface area contributed by atoms with Crippen molar-refractivity contribution in [3.05, 3.63) is 0 Å². The fourth-order valence-electron chi connectivity index (χ4n) is 1.08. The Morgan fingerprint density at radius 3 is 1.88 bits per heavy atom. The quantitative estimate of drug-likeness (QED) is 0.775. The lowest BCUT2D eigenvalue weighted by atomic mass is 9.75. The molecule has 0 aliphatic rings. The Labute approximate surface area is 95.8 Å². The van der Waals surface area contributed by atoms with E-state index < -0.39 is 24.2 Å². The van der Waals surface area contributed by atoms with Crippen molar-refractivity contribution in [1.82, 2.24) is 5.32 Å². The van der Waals surface area contributed by atoms with Crippen LogP contribution in [0, 0.1) is 5.41 Å². The van der Waals surface area contributed by atoms with E-state index in [0.717, 1.165) is 0 Å². The molecule has 0 saturated heterocycles. The third-order valence-corrected chi connectivity index (χ3v) is 3.17. The van der Waals surface area contributed by atoms with Gasteiger partial charge in [0, 0.05) is 18.1 Å². The number of hydrogen-bond acceptors (Lipinski definition) is 2. The van der Waals surface area contributed by atoms with E-state index >= 15 is 0 Å². The van der Waals surface area contributed by atoms with Crippen molar-refractivity contribution in [3.8, 4) is 0 Å². The third kappa shape index (κ3) is 5.70. The summed E-state index contributed by atoms with van der Waals surface area (Å²) in [5.41, 5.74) is 5.27. The molecule has 0 heterocycles. The van der Waals surface area contributed by atoms with Crippen molar-refractivity contribution in [2.24, 2.45) is 11.1 Å². The fraction of sp³-hybridized carbons (Fsp3) is 1.00. The Bertz CT molecular complexity index is 216. The third-order valence-electron chi connectivity index (χ3n) is 3.17. The second-order valence-electron chi connectivity index (χ2n) is 5.71. The molecule has 0 aromatic heterocycles. The molecule has 0 fully saturated rings. The molecule has 0 saturated carbocycles. The minimum Gasteiger partial charge on any atom is -0.325 e. The van der Waals surface area contributed by atoms with Crippen LogP contribution in [0.15, 0.2) is 0 Å². The molecule has 0 amide bonds. The molecule has 16 heavy (non-hydrogen) atoms. The van der Waals surface area contributed by atoms with E-state index in [1.165, 1.54) is 6.92 Å². The minimum absolute atomic E-state index is 0.257. The molecule has 5 heteroatoms. The van der Waals surface area contributed by atoms with Crippen LogP contribution in [0.25, 0.3) is 0 Å². The zero-order chi connectivity index (χ0) is 13.2. The summed E-state index contributed by atoms with van der Waals surface area (Å²) < 4.78 is 36.3. The standard InChI is InChI=1S/C11H23F3N2/c1-8(6-11(12,13)14)16-7-9(2,3)10(4,5)15/h8,16H,6-7,15H2,1-5H3. The molecule has 0 spiro atoms. The fourth-order valence-corrected chi connectivity index (χ4v) is 1.08. The molecule has 0 radical (unpaired) electrons. The van der Waals surface area contributed by atoms with Gasteiger partial charge in [-0.25, -0.2) is 0 Å². The van der Waals surface area contributed by atoms with Crippen molar-refractivity contribution in [2.45, 2.75) is 58.8 Å². The van der Waals surface area contributed by atoms with Gasteiger partial charge in [-0.3, -0.25) is 0 Å². The Morgan fingerprint density at radius 2 is 1.56 bits per heavy atom. The molecular weight excluding hydrogens is 217 g/mol. The maximum absolute atomic E-state index is 12.1. The lowest BCUT2D eigenvalue weighted by Crippen LogP contribution is -2.53. The largest absolute Gasteiger partial charge is 0.390 e. The number of hydrogen-bond donors (Lipinski definition) is 2. The van der Waals surface area contributed by atoms with Gasteiger partial charge in [0.1, 0.15) is 0 Å². The van der Waals surface area contributed by atoms with Crippen LogP contribution in [-0.2, 0) is 0 Å². The molecule has 3 N–H and O–H groups in total. The monoisotopic (exact) mass is 240 g/mol. The van der Waals surface area contributed by atoms with Crippen LogP contribution in [0.3, 0.4) is 0 Å². The molecular formula is C11H23F3N2. The predicted octanol–water partition coefficient (Wildman–Crippen LogP) is 2.68. The summed E-state index contributed by atoms with van der Waals surface area (Å²) in [6.45, 7) is 9.65. The summed E-state index contributed by atoms with van der Waals surface area (Å²) in [6.07, 6.45) is -4.93. The summed E-state index contributed by atoms with van der Waals surface area (Å²) in [7, 11) is 0. The first-order valence-electron chi connectivity index (χ1n) is 5.44. The maximum atomic E-state index is 12.1. The molecule has 0 aliphatic heterocycles. The maximum Gasteiger partial charge on any atom is 0.390 e. The van der Waals surface area contributed by atoms with Crippen molar-refractivity contribution in [2.75, 3.05) is 6.54 Å². The van der Waals surface area contributed by atoms with E-state index in [9.17, 15) is 13.2 Å². The van der Waals surface area contributed by atoms with Crippen LogP contribution in [0.2, 0.25) is 0 Å². The Morgan fingerprint density at radius 1 is 1.12 bits per heavy atom. The van der Waals surface area contributed by atoms with Gasteiger partial charge in [0.15, 0.2) is 0 Å². The smallest absolute Gasteiger partial charge is 0.325 e. The van der Waals surface area contributed by atoms with Gasteiger partial charge in [-0.15, -0.1) is 0 Å². The highest BCUT2D eigenvalue weighted by Crippen LogP contribution is 2.28. The van der Waals surface area contributed by atoms with Crippen LogP contribution < -0.4 is 11.1 Å². The van der Waals surface area contributed by atoms with Crippen LogP contribution in [0.5, 0.6) is 0 Å². The van der Waals surface area contributed by atoms with Gasteiger partial charge in [-0.05, 0) is 26.2 Å². The number of rotatable bonds is 5. The van der Waals surface area contributed by atoms with Gasteiger partial charge in [0.2, 0.25) is 0 Å². The van der Waals surface area contributed by atoms with Gasteiger partial charge in [-0.1, -0.05) is 13.8 Å². The first-order chi connectivity index (χ1) is 6.85. The molecule has 0 aliphatic carbocycles. The minimum atomic E-state index is -4.12. The van der Waals surface area contributed by atoms with Crippen LogP contribution in [0.4, 0.5) is 13.2 Å². The Kier molecular flexibility index (Phi) is 4.83. The second-order valence-corrected chi connectivity index (χ2v) is 5.71. The summed E-state index contributed by atoms with van der Waals surface area (Å²) in [4.78, 5) is 0. The molecule has 0 aromatic rings. The lowest BCUT2D eigenvalue weighted by Gasteiger charge is -2.39. The molecule has 0 rings (SSSR count). The molecule has 1 atom stereocenters. The van der Waals surface area contributed by atoms with Crippen molar-refractivity contribution in [1.29, 1.82) is 0 Å². The first kappa shape index (κ1) is 15.7. The topological polar surface area (TPSA) is 38.0 Å². The predicted molar refractivity (Wildman–Crippen MR) is 60.2 cm³/mol. The van der Waals surface area contributed by atoms with E-state index in [1.807, 2.05) is 27.7 Å². The molecule has 0 aromatic carbocycles. The molecule has 0 bridgehead atoms. The average molecular weight is 240 g/mol. The van der Waals surface area contributed by atoms with Gasteiger partial charge in [-0.2, -0.15) is 13.2 Å². The summed E-state index contributed by atoms with van der Waals surface area (Å²) in [5.74, 6) is 0. The van der Waals surface area contributed by atoms with E-state index in [4.69, 9.17) is 5.73 Å². The van der Waals surface area contributed by atoms with E-state index in [-0.39, 0.29) is 5.41 Å². The van der Waals surface area contributed by atoms with Crippen molar-refractivity contribution < 1.29 is 13.2 Å². The lowest BCUT2D eigenvalue weighted by molar-refractivity contribution is -0.139. The number of nitrogens with two attached hydrogens (primary N) is 1. The zero-order valence-electron chi connectivity index (χ0n) is 10.7. The SMILES string of the molecule is CC(CC(F)(F)F)NCC(C)(C)C(C)(C)N. The summed E-state index contributed by atoms with van der Waals surface area (Å²) in [6, 6.07) is -0.582. The first-order valence-corrected chi connectivity index (χ1v) is 5.44. The van der Waals surface area contributed by atoms with Crippen LogP contribution >= 0.6 is 0 Å². The number of halogens is 3. The van der Waals surface area contributed by atoms with Crippen LogP contribution in [-0.4, -0.2) is 24.3 Å². The van der Waals surface area contributed by atoms with Gasteiger partial charge >= 0.3 is 6.18 Å².